The molecule has 614 valence electrons. The van der Waals surface area contributed by atoms with Crippen molar-refractivity contribution in [2.24, 2.45) is 29.6 Å². The van der Waals surface area contributed by atoms with Gasteiger partial charge in [-0.3, -0.25) is 47.9 Å². The summed E-state index contributed by atoms with van der Waals surface area (Å²) >= 11 is 0. The summed E-state index contributed by atoms with van der Waals surface area (Å²) in [6, 6.07) is 61.1. The number of carbonyl (C=O) groups is 10. The molecule has 10 amide bonds. The molecule has 0 saturated carbocycles. The number of halogens is 8. The number of benzene rings is 10. The zero-order valence-corrected chi connectivity index (χ0v) is 65.2. The Kier molecular flexibility index (Phi) is 28.1. The summed E-state index contributed by atoms with van der Waals surface area (Å²) in [5.74, 6) is -19.2. The van der Waals surface area contributed by atoms with E-state index in [1.165, 1.54) is 48.5 Å². The highest BCUT2D eigenvalue weighted by Crippen LogP contribution is 2.38. The molecule has 0 spiro atoms. The molecular formula is C91H84F8N10O10. The van der Waals surface area contributed by atoms with E-state index in [1.807, 2.05) is 150 Å². The lowest BCUT2D eigenvalue weighted by Gasteiger charge is -2.17. The number of nitrogens with one attached hydrogen (secondary N) is 9. The van der Waals surface area contributed by atoms with E-state index in [-0.39, 0.29) is 70.7 Å². The average Bonchev–Trinajstić information content (AvgIpc) is 1.77. The van der Waals surface area contributed by atoms with Crippen molar-refractivity contribution in [2.45, 2.75) is 64.2 Å². The second-order valence-corrected chi connectivity index (χ2v) is 29.4. The maximum absolute atomic E-state index is 13.8. The molecule has 10 aromatic rings. The van der Waals surface area contributed by atoms with Crippen molar-refractivity contribution in [2.75, 3.05) is 66.4 Å². The summed E-state index contributed by atoms with van der Waals surface area (Å²) < 4.78 is 108. The third kappa shape index (κ3) is 21.0. The molecule has 5 heterocycles. The highest BCUT2D eigenvalue weighted by atomic mass is 19.2. The molecule has 119 heavy (non-hydrogen) atoms. The highest BCUT2D eigenvalue weighted by Gasteiger charge is 2.47. The molecular weight excluding hydrogens is 1550 g/mol. The van der Waals surface area contributed by atoms with E-state index in [2.05, 4.69) is 47.9 Å². The van der Waals surface area contributed by atoms with Crippen LogP contribution in [0.2, 0.25) is 0 Å². The van der Waals surface area contributed by atoms with Crippen molar-refractivity contribution < 1.29 is 83.1 Å². The largest absolute Gasteiger partial charge is 0.355 e. The van der Waals surface area contributed by atoms with E-state index >= 15 is 0 Å². The zero-order valence-electron chi connectivity index (χ0n) is 65.2. The standard InChI is InChI=1S/C19H19FN2O2.C18H15F3N2O2.C18H16F2N2O2.2C18H17FN2O2/c1-12-6-5-7-13(10-12)14-11-22(2)19(24)17(14)18(23)21-16-9-4-3-8-15(16)20;1-9-3-2-4-10(7-9)11-8-22-17(24)14(11)18(25)23-13-6-5-12(19)15(20)16(13)21;1-10-4-2-5-11(8-10)12-9-21-17(23)15(12)18(24)22-14-7-3-6-13(19)16(14)20;1-11-5-4-6-12(9-11)13-10-20-17(22)16(13)18(23)21-15-8-3-2-7-14(15)19;1-11-6-8-12(9-7-11)13-10-20-17(22)16(13)18(23)21-15-5-3-2-4-14(15)19/h3-10,14,17H,11H2,1-2H3,(H,21,23);2-7,11,14H,8H2,1H3,(H,22,24)(H,23,25);2-8,12,15H,9H2,1H3,(H,21,23)(H,22,24);2*2-9,13,16H,10H2,1H3,(H,20,22)(H,21,23). The van der Waals surface area contributed by atoms with E-state index in [0.29, 0.717) is 32.2 Å². The fourth-order valence-corrected chi connectivity index (χ4v) is 14.8. The molecule has 10 aromatic carbocycles. The van der Waals surface area contributed by atoms with Crippen LogP contribution in [-0.2, 0) is 47.9 Å². The molecule has 0 aliphatic carbocycles. The fourth-order valence-electron chi connectivity index (χ4n) is 14.8. The summed E-state index contributed by atoms with van der Waals surface area (Å²) in [6.07, 6.45) is 0. The number of hydrogen-bond acceptors (Lipinski definition) is 10. The van der Waals surface area contributed by atoms with E-state index in [0.717, 1.165) is 67.8 Å². The molecule has 10 atom stereocenters. The average molecular weight is 1630 g/mol. The van der Waals surface area contributed by atoms with Crippen LogP contribution in [-0.4, -0.2) is 104 Å². The molecule has 10 unspecified atom stereocenters. The first-order chi connectivity index (χ1) is 56.9. The Hall–Kier alpha value is -13.7. The minimum atomic E-state index is -1.68. The van der Waals surface area contributed by atoms with Gasteiger partial charge in [0, 0.05) is 69.4 Å². The van der Waals surface area contributed by atoms with Crippen LogP contribution in [0, 0.1) is 111 Å². The highest BCUT2D eigenvalue weighted by molar-refractivity contribution is 6.12. The number of nitrogens with zero attached hydrogens (tertiary/aromatic N) is 1. The van der Waals surface area contributed by atoms with E-state index in [1.54, 1.807) is 54.4 Å². The Labute approximate surface area is 680 Å². The summed E-state index contributed by atoms with van der Waals surface area (Å²) in [4.78, 5) is 125. The number of aryl methyl sites for hydroxylation is 5. The van der Waals surface area contributed by atoms with Crippen LogP contribution < -0.4 is 47.9 Å². The molecule has 9 N–H and O–H groups in total. The van der Waals surface area contributed by atoms with Crippen LogP contribution in [0.1, 0.15) is 85.2 Å². The molecule has 28 heteroatoms. The van der Waals surface area contributed by atoms with E-state index < -0.39 is 129 Å². The third-order valence-electron chi connectivity index (χ3n) is 20.9. The number of anilines is 5. The van der Waals surface area contributed by atoms with Gasteiger partial charge >= 0.3 is 0 Å². The number of amides is 10. The van der Waals surface area contributed by atoms with Crippen molar-refractivity contribution in [1.82, 2.24) is 26.2 Å². The molecule has 5 aliphatic rings. The van der Waals surface area contributed by atoms with E-state index in [9.17, 15) is 83.1 Å². The molecule has 5 fully saturated rings. The van der Waals surface area contributed by atoms with Gasteiger partial charge in [0.25, 0.3) is 0 Å². The number of para-hydroxylation sites is 3. The lowest BCUT2D eigenvalue weighted by atomic mass is 9.87. The van der Waals surface area contributed by atoms with Crippen LogP contribution in [0.4, 0.5) is 63.6 Å². The summed E-state index contributed by atoms with van der Waals surface area (Å²) in [5.41, 5.74) is 9.15. The van der Waals surface area contributed by atoms with Gasteiger partial charge in [-0.1, -0.05) is 192 Å². The topological polar surface area (TPSA) is 282 Å². The van der Waals surface area contributed by atoms with Gasteiger partial charge in [0.2, 0.25) is 59.1 Å². The predicted octanol–water partition coefficient (Wildman–Crippen LogP) is 13.8. The van der Waals surface area contributed by atoms with Gasteiger partial charge in [0.1, 0.15) is 47.0 Å². The molecule has 5 aliphatic heterocycles. The Morgan fingerprint density at radius 1 is 0.286 bits per heavy atom. The predicted molar refractivity (Wildman–Crippen MR) is 432 cm³/mol. The van der Waals surface area contributed by atoms with Crippen molar-refractivity contribution in [3.63, 3.8) is 0 Å². The maximum atomic E-state index is 13.8. The Bertz CT molecular complexity index is 5500. The van der Waals surface area contributed by atoms with Gasteiger partial charge in [0.05, 0.1) is 28.4 Å². The molecule has 0 radical (unpaired) electrons. The Balaban J connectivity index is 0.000000146. The lowest BCUT2D eigenvalue weighted by molar-refractivity contribution is -0.136. The second kappa shape index (κ2) is 38.9. The van der Waals surface area contributed by atoms with Gasteiger partial charge in [-0.15, -0.1) is 0 Å². The van der Waals surface area contributed by atoms with Crippen molar-refractivity contribution >= 4 is 87.5 Å². The first-order valence-corrected chi connectivity index (χ1v) is 38.0. The van der Waals surface area contributed by atoms with Gasteiger partial charge in [-0.05, 0) is 123 Å². The first-order valence-electron chi connectivity index (χ1n) is 38.0. The zero-order chi connectivity index (χ0) is 85.5. The molecule has 5 saturated heterocycles. The minimum absolute atomic E-state index is 0.0832. The van der Waals surface area contributed by atoms with Crippen LogP contribution in [0.15, 0.2) is 224 Å². The maximum Gasteiger partial charge on any atom is 0.237 e. The SMILES string of the molecule is Cc1ccc(C2CNC(=O)C2C(=O)Nc2ccccc2F)cc1.Cc1cccc(C2CN(C)C(=O)C2C(=O)Nc2ccccc2F)c1.Cc1cccc(C2CNC(=O)C2C(=O)Nc2ccc(F)c(F)c2F)c1.Cc1cccc(C2CNC(=O)C2C(=O)Nc2cccc(F)c2F)c1.Cc1cccc(C2CNC(=O)C2C(=O)Nc2ccccc2F)c1. The smallest absolute Gasteiger partial charge is 0.237 e. The molecule has 0 bridgehead atoms. The van der Waals surface area contributed by atoms with Crippen molar-refractivity contribution in [3.05, 3.63) is 327 Å². The number of likely N-dealkylation sites (N-methyl/N-ethyl adjacent to an activating group) is 1. The number of hydrogen-bond donors (Lipinski definition) is 9. The Morgan fingerprint density at radius 3 is 0.924 bits per heavy atom. The normalized spacial score (nSPS) is 20.0. The number of likely N-dealkylation sites (tertiary alicyclic amines) is 1. The quantitative estimate of drug-likeness (QED) is 0.0266. The van der Waals surface area contributed by atoms with Gasteiger partial charge in [-0.2, -0.15) is 0 Å². The molecule has 20 nitrogen and oxygen atoms in total. The minimum Gasteiger partial charge on any atom is -0.355 e. The summed E-state index contributed by atoms with van der Waals surface area (Å²) in [6.45, 7) is 11.6. The lowest BCUT2D eigenvalue weighted by Crippen LogP contribution is -2.33. The Morgan fingerprint density at radius 2 is 0.571 bits per heavy atom. The van der Waals surface area contributed by atoms with Crippen LogP contribution in [0.25, 0.3) is 0 Å². The summed E-state index contributed by atoms with van der Waals surface area (Å²) in [7, 11) is 1.68. The summed E-state index contributed by atoms with van der Waals surface area (Å²) in [5, 5.41) is 22.8. The van der Waals surface area contributed by atoms with Gasteiger partial charge in [-0.25, -0.2) is 35.1 Å². The van der Waals surface area contributed by atoms with Crippen LogP contribution >= 0.6 is 0 Å². The third-order valence-corrected chi connectivity index (χ3v) is 20.9. The van der Waals surface area contributed by atoms with Crippen molar-refractivity contribution in [3.8, 4) is 0 Å². The van der Waals surface area contributed by atoms with Gasteiger partial charge < -0.3 is 52.8 Å². The molecule has 0 aromatic heterocycles. The number of carbonyl (C=O) groups excluding carboxylic acids is 10. The number of rotatable bonds is 15. The van der Waals surface area contributed by atoms with Crippen molar-refractivity contribution in [1.29, 1.82) is 0 Å². The van der Waals surface area contributed by atoms with Gasteiger partial charge in [0.15, 0.2) is 29.1 Å². The van der Waals surface area contributed by atoms with Crippen LogP contribution in [0.3, 0.4) is 0 Å². The van der Waals surface area contributed by atoms with E-state index in [4.69, 9.17) is 0 Å². The fraction of sp³-hybridized carbons (Fsp3) is 0.231. The molecule has 15 rings (SSSR count). The first kappa shape index (κ1) is 86.2. The van der Waals surface area contributed by atoms with Crippen LogP contribution in [0.5, 0.6) is 0 Å². The monoisotopic (exact) mass is 1630 g/mol. The second-order valence-electron chi connectivity index (χ2n) is 29.4.